The molecule has 1 aromatic carbocycles. The van der Waals surface area contributed by atoms with E-state index < -0.39 is 17.4 Å². The van der Waals surface area contributed by atoms with Gasteiger partial charge in [-0.2, -0.15) is 5.10 Å². The van der Waals surface area contributed by atoms with Crippen LogP contribution in [-0.4, -0.2) is 16.1 Å². The molecule has 0 saturated heterocycles. The predicted octanol–water partition coefficient (Wildman–Crippen LogP) is 2.79. The lowest BCUT2D eigenvalue weighted by Gasteiger charge is -2.06. The van der Waals surface area contributed by atoms with E-state index in [1.807, 2.05) is 6.92 Å². The minimum absolute atomic E-state index is 0.0818. The second kappa shape index (κ2) is 4.95. The van der Waals surface area contributed by atoms with Gasteiger partial charge in [-0.3, -0.25) is 9.48 Å². The average Bonchev–Trinajstić information content (AvgIpc) is 2.81. The van der Waals surface area contributed by atoms with Gasteiger partial charge in [-0.1, -0.05) is 0 Å². The zero-order chi connectivity index (χ0) is 13.1. The minimum Gasteiger partial charge on any atom is -0.448 e. The van der Waals surface area contributed by atoms with Crippen LogP contribution >= 0.6 is 0 Å². The topological polar surface area (TPSA) is 44.1 Å². The molecule has 0 unspecified atom stereocenters. The summed E-state index contributed by atoms with van der Waals surface area (Å²) in [6.45, 7) is 2.50. The van der Waals surface area contributed by atoms with Gasteiger partial charge in [-0.05, 0) is 19.1 Å². The first-order valence-corrected chi connectivity index (χ1v) is 5.28. The molecule has 2 aromatic rings. The highest BCUT2D eigenvalue weighted by Gasteiger charge is 2.14. The molecule has 0 aliphatic rings. The third kappa shape index (κ3) is 2.37. The maximum Gasteiger partial charge on any atom is 0.198 e. The Bertz CT molecular complexity index is 558. The van der Waals surface area contributed by atoms with Crippen LogP contribution in [0.4, 0.5) is 8.78 Å². The molecule has 6 heteroatoms. The quantitative estimate of drug-likeness (QED) is 0.786. The molecular formula is C12H10F2N2O2. The van der Waals surface area contributed by atoms with Gasteiger partial charge in [0.25, 0.3) is 0 Å². The fraction of sp³-hybridized carbons (Fsp3) is 0.167. The number of benzene rings is 1. The highest BCUT2D eigenvalue weighted by atomic mass is 19.1. The van der Waals surface area contributed by atoms with Crippen molar-refractivity contribution >= 4 is 6.29 Å². The Morgan fingerprint density at radius 3 is 2.56 bits per heavy atom. The molecule has 2 rings (SSSR count). The molecule has 0 amide bonds. The highest BCUT2D eigenvalue weighted by Crippen LogP contribution is 2.27. The van der Waals surface area contributed by atoms with Crippen LogP contribution in [-0.2, 0) is 6.54 Å². The third-order valence-electron chi connectivity index (χ3n) is 2.31. The summed E-state index contributed by atoms with van der Waals surface area (Å²) < 4.78 is 33.7. The summed E-state index contributed by atoms with van der Waals surface area (Å²) >= 11 is 0. The lowest BCUT2D eigenvalue weighted by atomic mass is 10.2. The van der Waals surface area contributed by atoms with Crippen LogP contribution in [0.3, 0.4) is 0 Å². The number of carbonyl (C=O) groups excluding carboxylic acids is 1. The number of aldehydes is 1. The number of carbonyl (C=O) groups is 1. The Kier molecular flexibility index (Phi) is 3.36. The molecule has 0 saturated carbocycles. The summed E-state index contributed by atoms with van der Waals surface area (Å²) in [5.74, 6) is -2.17. The molecule has 18 heavy (non-hydrogen) atoms. The van der Waals surface area contributed by atoms with Gasteiger partial charge in [-0.15, -0.1) is 0 Å². The van der Waals surface area contributed by atoms with Crippen molar-refractivity contribution in [2.45, 2.75) is 13.5 Å². The van der Waals surface area contributed by atoms with Crippen molar-refractivity contribution in [3.63, 3.8) is 0 Å². The standard InChI is InChI=1S/C12H10F2N2O2/c1-2-16-6-9(5-15-16)18-12-10(13)3-8(7-17)4-11(12)14/h3-7H,2H2,1H3. The van der Waals surface area contributed by atoms with Crippen LogP contribution in [0.2, 0.25) is 0 Å². The van der Waals surface area contributed by atoms with Gasteiger partial charge in [0.1, 0.15) is 6.29 Å². The first-order valence-electron chi connectivity index (χ1n) is 5.28. The Morgan fingerprint density at radius 1 is 1.39 bits per heavy atom. The van der Waals surface area contributed by atoms with E-state index in [0.29, 0.717) is 12.8 Å². The number of rotatable bonds is 4. The first-order chi connectivity index (χ1) is 8.63. The van der Waals surface area contributed by atoms with Crippen molar-refractivity contribution in [2.75, 3.05) is 0 Å². The fourth-order valence-electron chi connectivity index (χ4n) is 1.43. The smallest absolute Gasteiger partial charge is 0.198 e. The van der Waals surface area contributed by atoms with Crippen molar-refractivity contribution in [1.29, 1.82) is 0 Å². The average molecular weight is 252 g/mol. The zero-order valence-corrected chi connectivity index (χ0v) is 9.56. The van der Waals surface area contributed by atoms with Gasteiger partial charge in [0, 0.05) is 12.1 Å². The van der Waals surface area contributed by atoms with E-state index in [1.54, 1.807) is 4.68 Å². The van der Waals surface area contributed by atoms with E-state index in [4.69, 9.17) is 4.74 Å². The monoisotopic (exact) mass is 252 g/mol. The van der Waals surface area contributed by atoms with Gasteiger partial charge in [0.15, 0.2) is 23.1 Å². The van der Waals surface area contributed by atoms with Gasteiger partial charge in [-0.25, -0.2) is 8.78 Å². The molecule has 0 fully saturated rings. The lowest BCUT2D eigenvalue weighted by Crippen LogP contribution is -1.95. The molecule has 0 atom stereocenters. The molecule has 0 radical (unpaired) electrons. The van der Waals surface area contributed by atoms with Crippen LogP contribution < -0.4 is 4.74 Å². The number of hydrogen-bond acceptors (Lipinski definition) is 3. The number of hydrogen-bond donors (Lipinski definition) is 0. The molecule has 94 valence electrons. The van der Waals surface area contributed by atoms with Crippen LogP contribution in [0, 0.1) is 11.6 Å². The lowest BCUT2D eigenvalue weighted by molar-refractivity contribution is 0.112. The maximum absolute atomic E-state index is 13.5. The van der Waals surface area contributed by atoms with Crippen LogP contribution in [0.25, 0.3) is 0 Å². The maximum atomic E-state index is 13.5. The second-order valence-corrected chi connectivity index (χ2v) is 3.57. The molecule has 0 spiro atoms. The number of aryl methyl sites for hydroxylation is 1. The molecule has 0 aliphatic carbocycles. The van der Waals surface area contributed by atoms with Crippen LogP contribution in [0.1, 0.15) is 17.3 Å². The second-order valence-electron chi connectivity index (χ2n) is 3.57. The summed E-state index contributed by atoms with van der Waals surface area (Å²) in [6.07, 6.45) is 3.24. The summed E-state index contributed by atoms with van der Waals surface area (Å²) in [5, 5.41) is 3.91. The number of ether oxygens (including phenoxy) is 1. The van der Waals surface area contributed by atoms with Crippen LogP contribution in [0.15, 0.2) is 24.5 Å². The Labute approximate surface area is 102 Å². The van der Waals surface area contributed by atoms with Gasteiger partial charge < -0.3 is 4.74 Å². The van der Waals surface area contributed by atoms with Crippen molar-refractivity contribution in [2.24, 2.45) is 0 Å². The number of halogens is 2. The number of nitrogens with zero attached hydrogens (tertiary/aromatic N) is 2. The van der Waals surface area contributed by atoms with E-state index in [1.165, 1.54) is 12.4 Å². The normalized spacial score (nSPS) is 10.4. The van der Waals surface area contributed by atoms with Crippen molar-refractivity contribution in [3.8, 4) is 11.5 Å². The SMILES string of the molecule is CCn1cc(Oc2c(F)cc(C=O)cc2F)cn1. The predicted molar refractivity (Wildman–Crippen MR) is 59.7 cm³/mol. The fourth-order valence-corrected chi connectivity index (χ4v) is 1.43. The Balaban J connectivity index is 2.31. The Hall–Kier alpha value is -2.24. The van der Waals surface area contributed by atoms with Gasteiger partial charge in [0.05, 0.1) is 12.4 Å². The van der Waals surface area contributed by atoms with Crippen LogP contribution in [0.5, 0.6) is 11.5 Å². The van der Waals surface area contributed by atoms with E-state index in [-0.39, 0.29) is 11.3 Å². The van der Waals surface area contributed by atoms with Crippen molar-refractivity contribution < 1.29 is 18.3 Å². The first kappa shape index (κ1) is 12.2. The van der Waals surface area contributed by atoms with E-state index in [9.17, 15) is 13.6 Å². The highest BCUT2D eigenvalue weighted by molar-refractivity contribution is 5.75. The van der Waals surface area contributed by atoms with Crippen molar-refractivity contribution in [1.82, 2.24) is 9.78 Å². The molecule has 1 heterocycles. The zero-order valence-electron chi connectivity index (χ0n) is 9.56. The van der Waals surface area contributed by atoms with E-state index >= 15 is 0 Å². The van der Waals surface area contributed by atoms with E-state index in [2.05, 4.69) is 5.10 Å². The molecule has 1 aromatic heterocycles. The molecule has 0 bridgehead atoms. The van der Waals surface area contributed by atoms with E-state index in [0.717, 1.165) is 12.1 Å². The molecule has 0 aliphatic heterocycles. The number of aromatic nitrogens is 2. The van der Waals surface area contributed by atoms with Gasteiger partial charge in [0.2, 0.25) is 0 Å². The molecular weight excluding hydrogens is 242 g/mol. The third-order valence-corrected chi connectivity index (χ3v) is 2.31. The summed E-state index contributed by atoms with van der Waals surface area (Å²) in [6, 6.07) is 1.82. The summed E-state index contributed by atoms with van der Waals surface area (Å²) in [5.41, 5.74) is -0.0818. The van der Waals surface area contributed by atoms with Gasteiger partial charge >= 0.3 is 0 Å². The summed E-state index contributed by atoms with van der Waals surface area (Å²) in [7, 11) is 0. The molecule has 4 nitrogen and oxygen atoms in total. The summed E-state index contributed by atoms with van der Waals surface area (Å²) in [4.78, 5) is 10.4. The molecule has 0 N–H and O–H groups in total. The minimum atomic E-state index is -0.929. The largest absolute Gasteiger partial charge is 0.448 e. The van der Waals surface area contributed by atoms with Crippen molar-refractivity contribution in [3.05, 3.63) is 41.7 Å². The Morgan fingerprint density at radius 2 is 2.06 bits per heavy atom.